The van der Waals surface area contributed by atoms with Crippen molar-refractivity contribution in [3.8, 4) is 0 Å². The van der Waals surface area contributed by atoms with E-state index in [1.165, 1.54) is 14.2 Å². The Morgan fingerprint density at radius 2 is 1.58 bits per heavy atom. The van der Waals surface area contributed by atoms with Crippen LogP contribution >= 0.6 is 0 Å². The summed E-state index contributed by atoms with van der Waals surface area (Å²) >= 11 is 0. The van der Waals surface area contributed by atoms with Gasteiger partial charge in [0, 0.05) is 25.4 Å². The lowest BCUT2D eigenvalue weighted by molar-refractivity contribution is -0.127. The van der Waals surface area contributed by atoms with Gasteiger partial charge < -0.3 is 19.7 Å². The van der Waals surface area contributed by atoms with E-state index >= 15 is 0 Å². The first kappa shape index (κ1) is 26.8. The highest BCUT2D eigenvalue weighted by Crippen LogP contribution is 2.07. The van der Waals surface area contributed by atoms with Crippen LogP contribution in [0.25, 0.3) is 0 Å². The number of hydrogen-bond acceptors (Lipinski definition) is 6. The molecule has 2 unspecified atom stereocenters. The molecule has 7 nitrogen and oxygen atoms in total. The second-order valence-electron chi connectivity index (χ2n) is 6.92. The first-order valence-electron chi connectivity index (χ1n) is 9.10. The van der Waals surface area contributed by atoms with Crippen molar-refractivity contribution in [3.63, 3.8) is 0 Å². The molecule has 0 saturated carbocycles. The van der Waals surface area contributed by atoms with E-state index in [2.05, 4.69) is 15.0 Å². The van der Waals surface area contributed by atoms with Crippen molar-refractivity contribution in [2.24, 2.45) is 11.8 Å². The highest BCUT2D eigenvalue weighted by atomic mass is 16.5. The number of Topliss-reactive ketones (excluding diaryl/α,β-unsaturated/α-hetero) is 2. The van der Waals surface area contributed by atoms with Crippen LogP contribution in [0, 0.1) is 11.8 Å². The predicted octanol–water partition coefficient (Wildman–Crippen LogP) is 2.52. The van der Waals surface area contributed by atoms with E-state index < -0.39 is 12.1 Å². The molecule has 0 saturated heterocycles. The van der Waals surface area contributed by atoms with Crippen LogP contribution in [0.4, 0.5) is 4.79 Å². The first-order valence-corrected chi connectivity index (χ1v) is 9.10. The zero-order chi connectivity index (χ0) is 20.9. The Labute approximate surface area is 158 Å². The molecule has 0 fully saturated rings. The number of nitrogens with zero attached hydrogens (tertiary/aromatic N) is 1. The van der Waals surface area contributed by atoms with E-state index in [1.54, 1.807) is 20.8 Å². The van der Waals surface area contributed by atoms with Gasteiger partial charge in [0.1, 0.15) is 11.8 Å². The van der Waals surface area contributed by atoms with Crippen molar-refractivity contribution in [1.29, 1.82) is 0 Å². The van der Waals surface area contributed by atoms with E-state index in [4.69, 9.17) is 4.74 Å². The summed E-state index contributed by atoms with van der Waals surface area (Å²) in [6.07, 6.45) is 0.658. The fourth-order valence-corrected chi connectivity index (χ4v) is 2.06. The maximum absolute atomic E-state index is 11.7. The van der Waals surface area contributed by atoms with E-state index in [0.29, 0.717) is 12.2 Å². The molecule has 0 aromatic rings. The van der Waals surface area contributed by atoms with Gasteiger partial charge in [0.05, 0.1) is 13.2 Å². The van der Waals surface area contributed by atoms with Crippen molar-refractivity contribution in [2.45, 2.75) is 59.6 Å². The summed E-state index contributed by atoms with van der Waals surface area (Å²) in [7, 11) is 6.81. The Hall–Kier alpha value is -1.47. The Morgan fingerprint density at radius 1 is 1.04 bits per heavy atom. The minimum atomic E-state index is -0.664. The van der Waals surface area contributed by atoms with Gasteiger partial charge in [-0.05, 0) is 34.0 Å². The normalized spacial score (nSPS) is 14.1. The average molecular weight is 375 g/mol. The number of ketones is 2. The van der Waals surface area contributed by atoms with Crippen molar-refractivity contribution in [3.05, 3.63) is 0 Å². The van der Waals surface area contributed by atoms with Crippen LogP contribution in [-0.2, 0) is 19.1 Å². The number of amides is 1. The highest BCUT2D eigenvalue weighted by molar-refractivity contribution is 5.89. The number of ether oxygens (including phenoxy) is 2. The Kier molecular flexibility index (Phi) is 15.1. The number of nitrogens with one attached hydrogen (secondary N) is 1. The Bertz CT molecular complexity index is 424. The molecule has 154 valence electrons. The van der Waals surface area contributed by atoms with Gasteiger partial charge in [0.2, 0.25) is 0 Å². The minimum Gasteiger partial charge on any atom is -0.453 e. The van der Waals surface area contributed by atoms with Crippen LogP contribution in [-0.4, -0.2) is 69.6 Å². The number of methoxy groups -OCH3 is 2. The molecule has 0 rings (SSSR count). The lowest BCUT2D eigenvalue weighted by Gasteiger charge is -2.23. The van der Waals surface area contributed by atoms with Gasteiger partial charge >= 0.3 is 6.09 Å². The SMILES string of the molecule is CCC(=O)C(C)CCN(C)C.COC(=O)NC(C(=O)C(C)C)[C@@H](C)OC. The van der Waals surface area contributed by atoms with Crippen LogP contribution in [0.1, 0.15) is 47.5 Å². The molecular weight excluding hydrogens is 336 g/mol. The van der Waals surface area contributed by atoms with Gasteiger partial charge in [0.15, 0.2) is 5.78 Å². The van der Waals surface area contributed by atoms with Gasteiger partial charge in [-0.15, -0.1) is 0 Å². The summed E-state index contributed by atoms with van der Waals surface area (Å²) in [4.78, 5) is 36.0. The largest absolute Gasteiger partial charge is 0.453 e. The van der Waals surface area contributed by atoms with E-state index in [1.807, 2.05) is 27.9 Å². The van der Waals surface area contributed by atoms with Crippen LogP contribution < -0.4 is 5.32 Å². The monoisotopic (exact) mass is 374 g/mol. The number of hydrogen-bond donors (Lipinski definition) is 1. The van der Waals surface area contributed by atoms with Crippen molar-refractivity contribution in [1.82, 2.24) is 10.2 Å². The maximum atomic E-state index is 11.7. The molecule has 1 amide bonds. The third-order valence-corrected chi connectivity index (χ3v) is 4.08. The molecule has 0 aliphatic carbocycles. The molecule has 3 atom stereocenters. The number of carbonyl (C=O) groups excluding carboxylic acids is 3. The van der Waals surface area contributed by atoms with Gasteiger partial charge in [-0.1, -0.05) is 27.7 Å². The summed E-state index contributed by atoms with van der Waals surface area (Å²) in [5, 5.41) is 2.46. The number of rotatable bonds is 10. The quantitative estimate of drug-likeness (QED) is 0.632. The fraction of sp³-hybridized carbons (Fsp3) is 0.842. The lowest BCUT2D eigenvalue weighted by atomic mass is 9.98. The molecule has 0 aromatic carbocycles. The molecule has 0 aromatic heterocycles. The maximum Gasteiger partial charge on any atom is 0.407 e. The fourth-order valence-electron chi connectivity index (χ4n) is 2.06. The Morgan fingerprint density at radius 3 is 1.92 bits per heavy atom. The predicted molar refractivity (Wildman–Crippen MR) is 103 cm³/mol. The Balaban J connectivity index is 0. The topological polar surface area (TPSA) is 84.9 Å². The van der Waals surface area contributed by atoms with Crippen molar-refractivity contribution in [2.75, 3.05) is 34.9 Å². The first-order chi connectivity index (χ1) is 12.0. The smallest absolute Gasteiger partial charge is 0.407 e. The van der Waals surface area contributed by atoms with Crippen LogP contribution in [0.3, 0.4) is 0 Å². The zero-order valence-corrected chi connectivity index (χ0v) is 17.9. The van der Waals surface area contributed by atoms with E-state index in [9.17, 15) is 14.4 Å². The molecule has 7 heteroatoms. The third kappa shape index (κ3) is 12.0. The zero-order valence-electron chi connectivity index (χ0n) is 17.9. The second-order valence-corrected chi connectivity index (χ2v) is 6.92. The molecule has 1 N–H and O–H groups in total. The van der Waals surface area contributed by atoms with E-state index in [-0.39, 0.29) is 23.7 Å². The van der Waals surface area contributed by atoms with Gasteiger partial charge in [-0.2, -0.15) is 0 Å². The van der Waals surface area contributed by atoms with Gasteiger partial charge in [-0.25, -0.2) is 4.79 Å². The standard InChI is InChI=1S/C10H19NO4.C9H19NO/c1-6(2)9(12)8(7(3)14-4)11-10(13)15-5;1-5-9(11)8(2)6-7-10(3)4/h6-8H,1-5H3,(H,11,13);8H,5-7H2,1-4H3/t7-,8?;/m1./s1. The molecule has 0 aliphatic heterocycles. The van der Waals surface area contributed by atoms with Gasteiger partial charge in [-0.3, -0.25) is 9.59 Å². The average Bonchev–Trinajstić information content (AvgIpc) is 2.62. The lowest BCUT2D eigenvalue weighted by Crippen LogP contribution is -2.49. The summed E-state index contributed by atoms with van der Waals surface area (Å²) in [5.41, 5.74) is 0. The summed E-state index contributed by atoms with van der Waals surface area (Å²) in [5.74, 6) is 0.383. The molecule has 0 radical (unpaired) electrons. The molecule has 0 spiro atoms. The molecule has 0 aliphatic rings. The summed E-state index contributed by atoms with van der Waals surface area (Å²) in [6, 6.07) is -0.664. The highest BCUT2D eigenvalue weighted by Gasteiger charge is 2.28. The van der Waals surface area contributed by atoms with Crippen LogP contribution in [0.2, 0.25) is 0 Å². The molecule has 0 heterocycles. The molecule has 0 bridgehead atoms. The van der Waals surface area contributed by atoms with Crippen molar-refractivity contribution < 1.29 is 23.9 Å². The van der Waals surface area contributed by atoms with Crippen LogP contribution in [0.15, 0.2) is 0 Å². The number of carbonyl (C=O) groups is 3. The minimum absolute atomic E-state index is 0.0743. The van der Waals surface area contributed by atoms with Crippen molar-refractivity contribution >= 4 is 17.7 Å². The summed E-state index contributed by atoms with van der Waals surface area (Å²) in [6.45, 7) is 10.2. The van der Waals surface area contributed by atoms with E-state index in [0.717, 1.165) is 13.0 Å². The third-order valence-electron chi connectivity index (χ3n) is 4.08. The summed E-state index contributed by atoms with van der Waals surface area (Å²) < 4.78 is 9.49. The molecular formula is C19H38N2O5. The van der Waals surface area contributed by atoms with Crippen LogP contribution in [0.5, 0.6) is 0 Å². The number of alkyl carbamates (subject to hydrolysis) is 1. The van der Waals surface area contributed by atoms with Gasteiger partial charge in [0.25, 0.3) is 0 Å². The molecule has 26 heavy (non-hydrogen) atoms. The second kappa shape index (κ2) is 14.7.